The van der Waals surface area contributed by atoms with E-state index < -0.39 is 6.10 Å². The van der Waals surface area contributed by atoms with Gasteiger partial charge in [0.25, 0.3) is 0 Å². The zero-order valence-electron chi connectivity index (χ0n) is 12.9. The first-order chi connectivity index (χ1) is 10.5. The molecule has 1 aromatic carbocycles. The van der Waals surface area contributed by atoms with Crippen LogP contribution < -0.4 is 5.32 Å². The molecule has 1 unspecified atom stereocenters. The molecule has 0 saturated carbocycles. The highest BCUT2D eigenvalue weighted by Crippen LogP contribution is 2.11. The number of benzene rings is 1. The molecule has 0 saturated heterocycles. The van der Waals surface area contributed by atoms with Crippen LogP contribution in [0.4, 0.5) is 10.5 Å². The van der Waals surface area contributed by atoms with Crippen LogP contribution in [0.1, 0.15) is 18.9 Å². The lowest BCUT2D eigenvalue weighted by molar-refractivity contribution is 0.167. The number of carbonyl (C=O) groups excluding carboxylic acids is 1. The summed E-state index contributed by atoms with van der Waals surface area (Å²) in [6.07, 6.45) is 3.81. The first kappa shape index (κ1) is 16.0. The quantitative estimate of drug-likeness (QED) is 0.859. The Hall–Kier alpha value is -2.34. The van der Waals surface area contributed by atoms with Gasteiger partial charge in [-0.3, -0.25) is 4.68 Å². The maximum absolute atomic E-state index is 12.0. The molecule has 0 fully saturated rings. The number of nitrogens with zero attached hydrogens (tertiary/aromatic N) is 3. The van der Waals surface area contributed by atoms with Gasteiger partial charge in [-0.05, 0) is 37.1 Å². The third-order valence-electron chi connectivity index (χ3n) is 3.34. The lowest BCUT2D eigenvalue weighted by Crippen LogP contribution is -2.33. The van der Waals surface area contributed by atoms with Gasteiger partial charge in [0.05, 0.1) is 12.6 Å². The molecule has 1 atom stereocenters. The summed E-state index contributed by atoms with van der Waals surface area (Å²) in [5.74, 6) is 0. The number of anilines is 1. The lowest BCUT2D eigenvalue weighted by Gasteiger charge is -2.18. The predicted molar refractivity (Wildman–Crippen MR) is 85.7 cm³/mol. The fraction of sp³-hybridized carbons (Fsp3) is 0.375. The maximum atomic E-state index is 12.0. The normalized spacial score (nSPS) is 12.0. The van der Waals surface area contributed by atoms with Crippen molar-refractivity contribution >= 4 is 11.7 Å². The highest BCUT2D eigenvalue weighted by Gasteiger charge is 2.09. The van der Waals surface area contributed by atoms with E-state index in [0.717, 1.165) is 11.3 Å². The van der Waals surface area contributed by atoms with Crippen LogP contribution in [0, 0.1) is 0 Å². The van der Waals surface area contributed by atoms with Gasteiger partial charge in [0.15, 0.2) is 0 Å². The molecule has 118 valence electrons. The minimum absolute atomic E-state index is 0.180. The molecule has 1 heterocycles. The summed E-state index contributed by atoms with van der Waals surface area (Å²) in [5, 5.41) is 16.2. The van der Waals surface area contributed by atoms with E-state index in [9.17, 15) is 9.90 Å². The number of aromatic nitrogens is 2. The van der Waals surface area contributed by atoms with Crippen LogP contribution in [-0.2, 0) is 6.54 Å². The topological polar surface area (TPSA) is 70.4 Å². The minimum atomic E-state index is -0.406. The summed E-state index contributed by atoms with van der Waals surface area (Å²) in [6, 6.07) is 9.39. The van der Waals surface area contributed by atoms with Crippen molar-refractivity contribution in [2.24, 2.45) is 0 Å². The molecule has 0 aliphatic heterocycles. The minimum Gasteiger partial charge on any atom is -0.393 e. The fourth-order valence-electron chi connectivity index (χ4n) is 1.98. The Morgan fingerprint density at radius 3 is 2.73 bits per heavy atom. The molecule has 22 heavy (non-hydrogen) atoms. The molecule has 6 heteroatoms. The van der Waals surface area contributed by atoms with E-state index in [0.29, 0.717) is 19.5 Å². The van der Waals surface area contributed by atoms with Gasteiger partial charge in [-0.15, -0.1) is 0 Å². The monoisotopic (exact) mass is 302 g/mol. The molecule has 2 N–H and O–H groups in total. The van der Waals surface area contributed by atoms with Gasteiger partial charge in [0.2, 0.25) is 0 Å². The standard InChI is InChI=1S/C16H22N4O2/c1-13(21)8-11-19(2)16(22)18-15-6-4-14(5-7-15)12-20-10-3-9-17-20/h3-7,9-10,13,21H,8,11-12H2,1-2H3,(H,18,22). The molecule has 0 aliphatic rings. The number of urea groups is 1. The van der Waals surface area contributed by atoms with Crippen LogP contribution in [0.15, 0.2) is 42.7 Å². The molecule has 0 spiro atoms. The van der Waals surface area contributed by atoms with Crippen LogP contribution in [0.2, 0.25) is 0 Å². The molecular weight excluding hydrogens is 280 g/mol. The number of aliphatic hydroxyl groups excluding tert-OH is 1. The lowest BCUT2D eigenvalue weighted by atomic mass is 10.2. The number of carbonyl (C=O) groups is 1. The summed E-state index contributed by atoms with van der Waals surface area (Å²) in [6.45, 7) is 2.93. The Balaban J connectivity index is 1.86. The van der Waals surface area contributed by atoms with Crippen molar-refractivity contribution in [3.05, 3.63) is 48.3 Å². The zero-order chi connectivity index (χ0) is 15.9. The van der Waals surface area contributed by atoms with E-state index in [1.807, 2.05) is 41.2 Å². The van der Waals surface area contributed by atoms with E-state index in [1.165, 1.54) is 0 Å². The van der Waals surface area contributed by atoms with Gasteiger partial charge in [-0.2, -0.15) is 5.10 Å². The molecule has 6 nitrogen and oxygen atoms in total. The summed E-state index contributed by atoms with van der Waals surface area (Å²) >= 11 is 0. The Kier molecular flexibility index (Phi) is 5.55. The van der Waals surface area contributed by atoms with Gasteiger partial charge in [-0.25, -0.2) is 4.79 Å². The van der Waals surface area contributed by atoms with Crippen LogP contribution in [0.5, 0.6) is 0 Å². The fourth-order valence-corrected chi connectivity index (χ4v) is 1.98. The maximum Gasteiger partial charge on any atom is 0.321 e. The third-order valence-corrected chi connectivity index (χ3v) is 3.34. The summed E-state index contributed by atoms with van der Waals surface area (Å²) in [5.41, 5.74) is 1.86. The second kappa shape index (κ2) is 7.61. The zero-order valence-corrected chi connectivity index (χ0v) is 12.9. The van der Waals surface area contributed by atoms with E-state index in [4.69, 9.17) is 0 Å². The van der Waals surface area contributed by atoms with E-state index in [-0.39, 0.29) is 6.03 Å². The Morgan fingerprint density at radius 2 is 2.14 bits per heavy atom. The van der Waals surface area contributed by atoms with Crippen LogP contribution in [0.25, 0.3) is 0 Å². The van der Waals surface area contributed by atoms with Crippen molar-refractivity contribution in [3.8, 4) is 0 Å². The third kappa shape index (κ3) is 4.89. The van der Waals surface area contributed by atoms with Crippen molar-refractivity contribution in [2.75, 3.05) is 18.9 Å². The summed E-state index contributed by atoms with van der Waals surface area (Å²) < 4.78 is 1.84. The average Bonchev–Trinajstić information content (AvgIpc) is 2.99. The van der Waals surface area contributed by atoms with Crippen LogP contribution >= 0.6 is 0 Å². The Morgan fingerprint density at radius 1 is 1.41 bits per heavy atom. The van der Waals surface area contributed by atoms with Gasteiger partial charge >= 0.3 is 6.03 Å². The summed E-state index contributed by atoms with van der Waals surface area (Å²) in [4.78, 5) is 13.5. The van der Waals surface area contributed by atoms with Crippen molar-refractivity contribution in [1.82, 2.24) is 14.7 Å². The van der Waals surface area contributed by atoms with Crippen molar-refractivity contribution in [2.45, 2.75) is 26.0 Å². The van der Waals surface area contributed by atoms with Crippen LogP contribution in [0.3, 0.4) is 0 Å². The Bertz CT molecular complexity index is 579. The van der Waals surface area contributed by atoms with Gasteiger partial charge in [0, 0.05) is 31.7 Å². The smallest absolute Gasteiger partial charge is 0.321 e. The first-order valence-corrected chi connectivity index (χ1v) is 7.31. The largest absolute Gasteiger partial charge is 0.393 e. The molecule has 0 bridgehead atoms. The van der Waals surface area contributed by atoms with E-state index in [1.54, 1.807) is 25.1 Å². The van der Waals surface area contributed by atoms with Crippen molar-refractivity contribution < 1.29 is 9.90 Å². The Labute approximate surface area is 130 Å². The number of aliphatic hydroxyl groups is 1. The molecule has 0 radical (unpaired) electrons. The first-order valence-electron chi connectivity index (χ1n) is 7.31. The van der Waals surface area contributed by atoms with E-state index in [2.05, 4.69) is 10.4 Å². The number of rotatable bonds is 6. The molecule has 1 aromatic heterocycles. The van der Waals surface area contributed by atoms with Gasteiger partial charge < -0.3 is 15.3 Å². The van der Waals surface area contributed by atoms with Crippen molar-refractivity contribution in [1.29, 1.82) is 0 Å². The highest BCUT2D eigenvalue weighted by atomic mass is 16.3. The van der Waals surface area contributed by atoms with Gasteiger partial charge in [0.1, 0.15) is 0 Å². The highest BCUT2D eigenvalue weighted by molar-refractivity contribution is 5.89. The van der Waals surface area contributed by atoms with Crippen LogP contribution in [-0.4, -0.2) is 45.5 Å². The SMILES string of the molecule is CC(O)CCN(C)C(=O)Nc1ccc(Cn2cccn2)cc1. The molecule has 2 amide bonds. The number of nitrogens with one attached hydrogen (secondary N) is 1. The second-order valence-electron chi connectivity index (χ2n) is 5.39. The molecule has 2 aromatic rings. The predicted octanol–water partition coefficient (Wildman–Crippen LogP) is 2.17. The molecule has 0 aliphatic carbocycles. The average molecular weight is 302 g/mol. The molecule has 2 rings (SSSR count). The van der Waals surface area contributed by atoms with E-state index >= 15 is 0 Å². The van der Waals surface area contributed by atoms with Gasteiger partial charge in [-0.1, -0.05) is 12.1 Å². The summed E-state index contributed by atoms with van der Waals surface area (Å²) in [7, 11) is 1.71. The second-order valence-corrected chi connectivity index (χ2v) is 5.39. The number of hydrogen-bond acceptors (Lipinski definition) is 3. The molecular formula is C16H22N4O2. The number of amides is 2. The van der Waals surface area contributed by atoms with Crippen molar-refractivity contribution in [3.63, 3.8) is 0 Å². The number of hydrogen-bond donors (Lipinski definition) is 2.